The molecule has 1 aliphatic carbocycles. The van der Waals surface area contributed by atoms with Crippen LogP contribution in [0.15, 0.2) is 36.2 Å². The van der Waals surface area contributed by atoms with E-state index >= 15 is 0 Å². The van der Waals surface area contributed by atoms with Gasteiger partial charge >= 0.3 is 0 Å². The van der Waals surface area contributed by atoms with E-state index in [1.54, 1.807) is 12.4 Å². The molecule has 0 spiro atoms. The van der Waals surface area contributed by atoms with Crippen molar-refractivity contribution in [3.05, 3.63) is 41.7 Å². The van der Waals surface area contributed by atoms with E-state index in [9.17, 15) is 4.79 Å². The maximum atomic E-state index is 11.1. The van der Waals surface area contributed by atoms with E-state index in [2.05, 4.69) is 11.1 Å². The van der Waals surface area contributed by atoms with Gasteiger partial charge in [-0.05, 0) is 48.4 Å². The molecule has 1 aromatic rings. The zero-order valence-corrected chi connectivity index (χ0v) is 10.1. The lowest BCUT2D eigenvalue weighted by Gasteiger charge is -2.21. The van der Waals surface area contributed by atoms with E-state index in [1.807, 2.05) is 12.1 Å². The summed E-state index contributed by atoms with van der Waals surface area (Å²) in [5.41, 5.74) is 2.22. The van der Waals surface area contributed by atoms with E-state index in [4.69, 9.17) is 0 Å². The van der Waals surface area contributed by atoms with E-state index < -0.39 is 0 Å². The number of nitrogens with zero attached hydrogens (tertiary/aromatic N) is 1. The monoisotopic (exact) mass is 229 g/mol. The van der Waals surface area contributed by atoms with Gasteiger partial charge in [0.1, 0.15) is 6.29 Å². The van der Waals surface area contributed by atoms with Crippen molar-refractivity contribution in [3.8, 4) is 0 Å². The lowest BCUT2D eigenvalue weighted by atomic mass is 9.83. The molecule has 1 heterocycles. The second-order valence-corrected chi connectivity index (χ2v) is 4.72. The summed E-state index contributed by atoms with van der Waals surface area (Å²) in [5, 5.41) is 0. The van der Waals surface area contributed by atoms with Gasteiger partial charge in [-0.3, -0.25) is 9.78 Å². The number of aldehydes is 1. The van der Waals surface area contributed by atoms with Crippen molar-refractivity contribution in [2.24, 2.45) is 5.92 Å². The Labute approximate surface area is 103 Å². The fraction of sp³-hybridized carbons (Fsp3) is 0.467. The van der Waals surface area contributed by atoms with Crippen LogP contribution in [0.1, 0.15) is 37.7 Å². The molecule has 0 bridgehead atoms. The van der Waals surface area contributed by atoms with E-state index in [-0.39, 0.29) is 0 Å². The summed E-state index contributed by atoms with van der Waals surface area (Å²) in [6.45, 7) is 0. The summed E-state index contributed by atoms with van der Waals surface area (Å²) in [5.74, 6) is 0.503. The minimum atomic E-state index is 0.503. The molecule has 2 heteroatoms. The molecular weight excluding hydrogens is 210 g/mol. The van der Waals surface area contributed by atoms with Gasteiger partial charge in [-0.1, -0.05) is 25.3 Å². The molecule has 1 fully saturated rings. The molecule has 0 saturated heterocycles. The van der Waals surface area contributed by atoms with Crippen LogP contribution in [-0.2, 0) is 11.2 Å². The number of rotatable bonds is 4. The van der Waals surface area contributed by atoms with Crippen LogP contribution in [-0.4, -0.2) is 11.3 Å². The Morgan fingerprint density at radius 1 is 1.24 bits per heavy atom. The Hall–Kier alpha value is -1.44. The molecule has 0 aromatic carbocycles. The minimum absolute atomic E-state index is 0.503. The minimum Gasteiger partial charge on any atom is -0.298 e. The van der Waals surface area contributed by atoms with Gasteiger partial charge in [-0.25, -0.2) is 0 Å². The molecule has 0 unspecified atom stereocenters. The summed E-state index contributed by atoms with van der Waals surface area (Å²) in [4.78, 5) is 15.1. The average Bonchev–Trinajstić information content (AvgIpc) is 2.42. The summed E-state index contributed by atoms with van der Waals surface area (Å²) < 4.78 is 0. The number of hydrogen-bond acceptors (Lipinski definition) is 2. The van der Waals surface area contributed by atoms with Gasteiger partial charge in [0, 0.05) is 12.4 Å². The predicted octanol–water partition coefficient (Wildman–Crippen LogP) is 3.33. The third-order valence-corrected chi connectivity index (χ3v) is 3.54. The molecule has 1 aliphatic rings. The lowest BCUT2D eigenvalue weighted by molar-refractivity contribution is -0.105. The van der Waals surface area contributed by atoms with Crippen molar-refractivity contribution in [2.75, 3.05) is 0 Å². The largest absolute Gasteiger partial charge is 0.298 e. The van der Waals surface area contributed by atoms with Gasteiger partial charge in [0.2, 0.25) is 0 Å². The zero-order valence-electron chi connectivity index (χ0n) is 10.1. The molecule has 0 N–H and O–H groups in total. The number of allylic oxidation sites excluding steroid dienone is 2. The molecule has 0 atom stereocenters. The van der Waals surface area contributed by atoms with Crippen molar-refractivity contribution in [3.63, 3.8) is 0 Å². The first kappa shape index (κ1) is 12.0. The van der Waals surface area contributed by atoms with Gasteiger partial charge in [-0.15, -0.1) is 0 Å². The maximum absolute atomic E-state index is 11.1. The number of carbonyl (C=O) groups excluding carboxylic acids is 1. The van der Waals surface area contributed by atoms with Gasteiger partial charge in [0.05, 0.1) is 0 Å². The van der Waals surface area contributed by atoms with Gasteiger partial charge in [-0.2, -0.15) is 0 Å². The third-order valence-electron chi connectivity index (χ3n) is 3.54. The van der Waals surface area contributed by atoms with Gasteiger partial charge in [0.15, 0.2) is 0 Å². The SMILES string of the molecule is O=CC(=CCc1ccncc1)C1CCCCC1. The van der Waals surface area contributed by atoms with Crippen LogP contribution in [0.25, 0.3) is 0 Å². The van der Waals surface area contributed by atoms with Crippen LogP contribution in [0.2, 0.25) is 0 Å². The smallest absolute Gasteiger partial charge is 0.145 e. The Bertz CT molecular complexity index is 377. The fourth-order valence-corrected chi connectivity index (χ4v) is 2.50. The first-order chi connectivity index (χ1) is 8.40. The number of carbonyl (C=O) groups is 1. The zero-order chi connectivity index (χ0) is 11.9. The second kappa shape index (κ2) is 6.33. The molecule has 1 aromatic heterocycles. The van der Waals surface area contributed by atoms with E-state index in [1.165, 1.54) is 37.7 Å². The lowest BCUT2D eigenvalue weighted by Crippen LogP contribution is -2.10. The number of pyridine rings is 1. The first-order valence-electron chi connectivity index (χ1n) is 6.44. The second-order valence-electron chi connectivity index (χ2n) is 4.72. The molecule has 1 saturated carbocycles. The van der Waals surface area contributed by atoms with Crippen LogP contribution in [0.4, 0.5) is 0 Å². The molecule has 90 valence electrons. The number of aromatic nitrogens is 1. The van der Waals surface area contributed by atoms with E-state index in [0.717, 1.165) is 18.3 Å². The highest BCUT2D eigenvalue weighted by molar-refractivity contribution is 5.74. The van der Waals surface area contributed by atoms with Crippen molar-refractivity contribution in [2.45, 2.75) is 38.5 Å². The average molecular weight is 229 g/mol. The predicted molar refractivity (Wildman–Crippen MR) is 68.7 cm³/mol. The van der Waals surface area contributed by atoms with Crippen LogP contribution in [0, 0.1) is 5.92 Å². The highest BCUT2D eigenvalue weighted by Crippen LogP contribution is 2.28. The highest BCUT2D eigenvalue weighted by atomic mass is 16.1. The summed E-state index contributed by atoms with van der Waals surface area (Å²) in [6.07, 6.45) is 13.8. The third kappa shape index (κ3) is 3.52. The maximum Gasteiger partial charge on any atom is 0.145 e. The first-order valence-corrected chi connectivity index (χ1v) is 6.44. The molecule has 2 rings (SSSR count). The van der Waals surface area contributed by atoms with Crippen LogP contribution >= 0.6 is 0 Å². The molecule has 2 nitrogen and oxygen atoms in total. The summed E-state index contributed by atoms with van der Waals surface area (Å²) >= 11 is 0. The Kier molecular flexibility index (Phi) is 4.48. The van der Waals surface area contributed by atoms with Gasteiger partial charge in [0.25, 0.3) is 0 Å². The highest BCUT2D eigenvalue weighted by Gasteiger charge is 2.16. The van der Waals surface area contributed by atoms with Crippen molar-refractivity contribution >= 4 is 6.29 Å². The fourth-order valence-electron chi connectivity index (χ4n) is 2.50. The van der Waals surface area contributed by atoms with Crippen LogP contribution < -0.4 is 0 Å². The standard InChI is InChI=1S/C15H19NO/c17-12-15(14-4-2-1-3-5-14)7-6-13-8-10-16-11-9-13/h7-12,14H,1-6H2. The van der Waals surface area contributed by atoms with Crippen LogP contribution in [0.3, 0.4) is 0 Å². The van der Waals surface area contributed by atoms with Crippen molar-refractivity contribution in [1.29, 1.82) is 0 Å². The number of hydrogen-bond donors (Lipinski definition) is 0. The summed E-state index contributed by atoms with van der Waals surface area (Å²) in [7, 11) is 0. The molecule has 0 amide bonds. The molecule has 0 aliphatic heterocycles. The molecule has 17 heavy (non-hydrogen) atoms. The van der Waals surface area contributed by atoms with Gasteiger partial charge < -0.3 is 0 Å². The van der Waals surface area contributed by atoms with Crippen molar-refractivity contribution < 1.29 is 4.79 Å². The molecule has 0 radical (unpaired) electrons. The summed E-state index contributed by atoms with van der Waals surface area (Å²) in [6, 6.07) is 4.00. The Morgan fingerprint density at radius 2 is 1.94 bits per heavy atom. The topological polar surface area (TPSA) is 30.0 Å². The molecular formula is C15H19NO. The van der Waals surface area contributed by atoms with Crippen LogP contribution in [0.5, 0.6) is 0 Å². The quantitative estimate of drug-likeness (QED) is 0.585. The normalized spacial score (nSPS) is 18.0. The van der Waals surface area contributed by atoms with Crippen molar-refractivity contribution in [1.82, 2.24) is 4.98 Å². The Morgan fingerprint density at radius 3 is 2.59 bits per heavy atom. The Balaban J connectivity index is 1.99. The van der Waals surface area contributed by atoms with E-state index in [0.29, 0.717) is 5.92 Å².